The molecule has 2 N–H and O–H groups in total. The molecule has 106 valence electrons. The monoisotopic (exact) mass is 281 g/mol. The average molecular weight is 281 g/mol. The number of nitrogens with two attached hydrogens (primary N) is 1. The van der Waals surface area contributed by atoms with Crippen molar-refractivity contribution >= 4 is 17.2 Å². The Bertz CT molecular complexity index is 456. The van der Waals surface area contributed by atoms with Crippen LogP contribution in [0.2, 0.25) is 0 Å². The summed E-state index contributed by atoms with van der Waals surface area (Å²) in [4.78, 5) is 14.5. The number of rotatable bonds is 8. The number of hydrogen-bond acceptors (Lipinski definition) is 3. The zero-order valence-electron chi connectivity index (χ0n) is 11.7. The molecule has 0 radical (unpaired) electrons. The fourth-order valence-electron chi connectivity index (χ4n) is 1.97. The molecule has 19 heavy (non-hydrogen) atoms. The van der Waals surface area contributed by atoms with Crippen LogP contribution in [-0.2, 0) is 6.54 Å². The lowest BCUT2D eigenvalue weighted by Crippen LogP contribution is -2.35. The summed E-state index contributed by atoms with van der Waals surface area (Å²) in [6.45, 7) is 7.75. The Morgan fingerprint density at radius 1 is 1.42 bits per heavy atom. The van der Waals surface area contributed by atoms with E-state index in [-0.39, 0.29) is 5.56 Å². The maximum atomic E-state index is 11.6. The van der Waals surface area contributed by atoms with Crippen molar-refractivity contribution in [1.82, 2.24) is 9.47 Å². The zero-order chi connectivity index (χ0) is 14.3. The molecule has 0 fully saturated rings. The van der Waals surface area contributed by atoms with Gasteiger partial charge < -0.3 is 15.2 Å². The third-order valence-corrected chi connectivity index (χ3v) is 3.06. The molecule has 1 aromatic heterocycles. The lowest BCUT2D eigenvalue weighted by molar-refractivity contribution is 0.240. The van der Waals surface area contributed by atoms with Crippen molar-refractivity contribution in [2.75, 3.05) is 19.6 Å². The van der Waals surface area contributed by atoms with Crippen molar-refractivity contribution in [1.29, 1.82) is 0 Å². The van der Waals surface area contributed by atoms with E-state index in [0.717, 1.165) is 26.1 Å². The normalized spacial score (nSPS) is 11.2. The van der Waals surface area contributed by atoms with Gasteiger partial charge in [-0.3, -0.25) is 4.79 Å². The van der Waals surface area contributed by atoms with Crippen LogP contribution in [0.5, 0.6) is 0 Å². The molecule has 1 aromatic rings. The van der Waals surface area contributed by atoms with Crippen LogP contribution in [0.1, 0.15) is 20.3 Å². The molecule has 0 aliphatic rings. The summed E-state index contributed by atoms with van der Waals surface area (Å²) < 4.78 is 1.73. The van der Waals surface area contributed by atoms with Gasteiger partial charge in [0.1, 0.15) is 0 Å². The largest absolute Gasteiger partial charge is 0.393 e. The predicted molar refractivity (Wildman–Crippen MR) is 83.4 cm³/mol. The standard InChI is InChI=1S/C14H23N3OS/c1-12(2)11-16(8-6-13(15)19)9-10-17-7-4-3-5-14(17)18/h3-5,7,12H,6,8-11H2,1-2H3,(H2,15,19). The van der Waals surface area contributed by atoms with Gasteiger partial charge in [-0.15, -0.1) is 0 Å². The van der Waals surface area contributed by atoms with Gasteiger partial charge in [0.15, 0.2) is 0 Å². The van der Waals surface area contributed by atoms with Crippen LogP contribution in [0, 0.1) is 5.92 Å². The summed E-state index contributed by atoms with van der Waals surface area (Å²) in [5, 5.41) is 0. The van der Waals surface area contributed by atoms with Gasteiger partial charge in [-0.2, -0.15) is 0 Å². The Kier molecular flexibility index (Phi) is 6.73. The van der Waals surface area contributed by atoms with Crippen LogP contribution in [0.15, 0.2) is 29.2 Å². The van der Waals surface area contributed by atoms with E-state index in [4.69, 9.17) is 18.0 Å². The molecule has 0 saturated heterocycles. The van der Waals surface area contributed by atoms with Crippen molar-refractivity contribution in [2.45, 2.75) is 26.8 Å². The van der Waals surface area contributed by atoms with Gasteiger partial charge in [-0.25, -0.2) is 0 Å². The Morgan fingerprint density at radius 3 is 2.74 bits per heavy atom. The van der Waals surface area contributed by atoms with Crippen LogP contribution in [0.4, 0.5) is 0 Å². The third-order valence-electron chi connectivity index (χ3n) is 2.85. The number of pyridine rings is 1. The molecule has 1 heterocycles. The summed E-state index contributed by atoms with van der Waals surface area (Å²) in [5.74, 6) is 0.582. The van der Waals surface area contributed by atoms with Crippen molar-refractivity contribution in [3.05, 3.63) is 34.7 Å². The van der Waals surface area contributed by atoms with Gasteiger partial charge in [-0.1, -0.05) is 32.1 Å². The number of aromatic nitrogens is 1. The first-order valence-corrected chi connectivity index (χ1v) is 7.06. The fraction of sp³-hybridized carbons (Fsp3) is 0.571. The predicted octanol–water partition coefficient (Wildman–Crippen LogP) is 1.48. The molecule has 0 unspecified atom stereocenters. The Labute approximate surface area is 120 Å². The Morgan fingerprint density at radius 2 is 2.16 bits per heavy atom. The van der Waals surface area contributed by atoms with Crippen LogP contribution >= 0.6 is 12.2 Å². The summed E-state index contributed by atoms with van der Waals surface area (Å²) in [6, 6.07) is 5.22. The van der Waals surface area contributed by atoms with Crippen molar-refractivity contribution < 1.29 is 0 Å². The number of nitrogens with zero attached hydrogens (tertiary/aromatic N) is 2. The van der Waals surface area contributed by atoms with E-state index in [0.29, 0.717) is 17.5 Å². The van der Waals surface area contributed by atoms with Gasteiger partial charge in [-0.05, 0) is 12.0 Å². The number of hydrogen-bond donors (Lipinski definition) is 1. The van der Waals surface area contributed by atoms with Gasteiger partial charge in [0, 0.05) is 44.9 Å². The molecule has 0 spiro atoms. The van der Waals surface area contributed by atoms with Gasteiger partial charge in [0.25, 0.3) is 5.56 Å². The zero-order valence-corrected chi connectivity index (χ0v) is 12.5. The van der Waals surface area contributed by atoms with Crippen LogP contribution in [-0.4, -0.2) is 34.1 Å². The van der Waals surface area contributed by atoms with E-state index in [1.54, 1.807) is 16.7 Å². The highest BCUT2D eigenvalue weighted by molar-refractivity contribution is 7.80. The lowest BCUT2D eigenvalue weighted by atomic mass is 10.2. The molecule has 0 atom stereocenters. The van der Waals surface area contributed by atoms with Crippen LogP contribution in [0.3, 0.4) is 0 Å². The van der Waals surface area contributed by atoms with Gasteiger partial charge in [0.2, 0.25) is 0 Å². The second kappa shape index (κ2) is 8.07. The molecule has 0 saturated carbocycles. The second-order valence-electron chi connectivity index (χ2n) is 5.14. The second-order valence-corrected chi connectivity index (χ2v) is 5.67. The first kappa shape index (κ1) is 15.9. The minimum Gasteiger partial charge on any atom is -0.393 e. The average Bonchev–Trinajstić information content (AvgIpc) is 2.33. The first-order chi connectivity index (χ1) is 8.99. The van der Waals surface area contributed by atoms with Crippen molar-refractivity contribution in [3.63, 3.8) is 0 Å². The summed E-state index contributed by atoms with van der Waals surface area (Å²) >= 11 is 4.92. The highest BCUT2D eigenvalue weighted by Gasteiger charge is 2.08. The molecule has 0 bridgehead atoms. The van der Waals surface area contributed by atoms with Gasteiger partial charge >= 0.3 is 0 Å². The van der Waals surface area contributed by atoms with Crippen LogP contribution < -0.4 is 11.3 Å². The Hall–Kier alpha value is -1.20. The van der Waals surface area contributed by atoms with Crippen LogP contribution in [0.25, 0.3) is 0 Å². The molecular formula is C14H23N3OS. The lowest BCUT2D eigenvalue weighted by Gasteiger charge is -2.24. The third kappa shape index (κ3) is 6.50. The van der Waals surface area contributed by atoms with E-state index < -0.39 is 0 Å². The fourth-order valence-corrected chi connectivity index (χ4v) is 2.06. The van der Waals surface area contributed by atoms with Crippen molar-refractivity contribution in [2.24, 2.45) is 11.7 Å². The molecule has 0 aliphatic carbocycles. The maximum Gasteiger partial charge on any atom is 0.250 e. The highest BCUT2D eigenvalue weighted by Crippen LogP contribution is 2.01. The first-order valence-electron chi connectivity index (χ1n) is 6.65. The molecule has 1 rings (SSSR count). The smallest absolute Gasteiger partial charge is 0.250 e. The summed E-state index contributed by atoms with van der Waals surface area (Å²) in [7, 11) is 0. The quantitative estimate of drug-likeness (QED) is 0.733. The Balaban J connectivity index is 2.54. The minimum absolute atomic E-state index is 0.0429. The number of thiocarbonyl (C=S) groups is 1. The molecule has 0 aromatic carbocycles. The SMILES string of the molecule is CC(C)CN(CCC(N)=S)CCn1ccccc1=O. The summed E-state index contributed by atoms with van der Waals surface area (Å²) in [6.07, 6.45) is 2.55. The highest BCUT2D eigenvalue weighted by atomic mass is 32.1. The van der Waals surface area contributed by atoms with Gasteiger partial charge in [0.05, 0.1) is 4.99 Å². The molecule has 0 aliphatic heterocycles. The minimum atomic E-state index is 0.0429. The maximum absolute atomic E-state index is 11.6. The molecular weight excluding hydrogens is 258 g/mol. The summed E-state index contributed by atoms with van der Waals surface area (Å²) in [5.41, 5.74) is 5.60. The molecule has 5 heteroatoms. The van der Waals surface area contributed by atoms with E-state index in [1.807, 2.05) is 12.3 Å². The molecule has 0 amide bonds. The molecule has 4 nitrogen and oxygen atoms in total. The van der Waals surface area contributed by atoms with E-state index in [9.17, 15) is 4.79 Å². The topological polar surface area (TPSA) is 51.3 Å². The van der Waals surface area contributed by atoms with E-state index in [1.165, 1.54) is 0 Å². The van der Waals surface area contributed by atoms with Crippen molar-refractivity contribution in [3.8, 4) is 0 Å². The van der Waals surface area contributed by atoms with E-state index in [2.05, 4.69) is 18.7 Å². The van der Waals surface area contributed by atoms with E-state index >= 15 is 0 Å².